The van der Waals surface area contributed by atoms with Crippen LogP contribution in [0, 0.1) is 27.2 Å². The highest BCUT2D eigenvalue weighted by atomic mass is 16.6. The van der Waals surface area contributed by atoms with Gasteiger partial charge in [-0.2, -0.15) is 0 Å². The van der Waals surface area contributed by atoms with Gasteiger partial charge in [-0.25, -0.2) is 0 Å². The van der Waals surface area contributed by atoms with Crippen LogP contribution in [0.4, 0.5) is 34.1 Å². The van der Waals surface area contributed by atoms with Gasteiger partial charge in [0.05, 0.1) is 27.3 Å². The topological polar surface area (TPSA) is 183 Å². The molecule has 0 amide bonds. The summed E-state index contributed by atoms with van der Waals surface area (Å²) in [5.74, 6) is -0.839. The van der Waals surface area contributed by atoms with E-state index in [0.29, 0.717) is 6.07 Å². The average molecular weight is 332 g/mol. The van der Waals surface area contributed by atoms with Gasteiger partial charge in [-0.15, -0.1) is 10.2 Å². The Balaban J connectivity index is 2.57. The summed E-state index contributed by atoms with van der Waals surface area (Å²) in [4.78, 5) is 19.9. The number of nitro groups is 2. The number of nitrogens with two attached hydrogens (primary N) is 2. The number of non-ortho nitro benzene ring substituents is 1. The highest BCUT2D eigenvalue weighted by Crippen LogP contribution is 2.41. The zero-order valence-corrected chi connectivity index (χ0v) is 12.3. The average Bonchev–Trinajstić information content (AvgIpc) is 2.49. The number of phenols is 1. The molecule has 0 saturated carbocycles. The normalized spacial score (nSPS) is 10.9. The first-order valence-corrected chi connectivity index (χ1v) is 6.44. The molecule has 2 rings (SSSR count). The molecule has 2 aromatic carbocycles. The minimum absolute atomic E-state index is 0.128. The third-order valence-electron chi connectivity index (χ3n) is 3.06. The first-order valence-electron chi connectivity index (χ1n) is 6.44. The maximum absolute atomic E-state index is 10.9. The molecule has 0 unspecified atom stereocenters. The van der Waals surface area contributed by atoms with Gasteiger partial charge < -0.3 is 16.6 Å². The first kappa shape index (κ1) is 16.6. The van der Waals surface area contributed by atoms with Crippen LogP contribution in [-0.2, 0) is 0 Å². The van der Waals surface area contributed by atoms with E-state index < -0.39 is 32.7 Å². The number of aromatic hydroxyl groups is 1. The number of aryl methyl sites for hydroxylation is 1. The summed E-state index contributed by atoms with van der Waals surface area (Å²) in [5.41, 5.74) is 10.9. The maximum atomic E-state index is 10.9. The van der Waals surface area contributed by atoms with Crippen molar-refractivity contribution in [3.63, 3.8) is 0 Å². The minimum Gasteiger partial charge on any atom is -0.501 e. The molecule has 0 aliphatic heterocycles. The molecular weight excluding hydrogens is 320 g/mol. The molecule has 0 heterocycles. The third kappa shape index (κ3) is 3.19. The van der Waals surface area contributed by atoms with Gasteiger partial charge >= 0.3 is 5.69 Å². The Morgan fingerprint density at radius 2 is 1.62 bits per heavy atom. The van der Waals surface area contributed by atoms with E-state index in [1.165, 1.54) is 0 Å². The van der Waals surface area contributed by atoms with Crippen molar-refractivity contribution in [2.45, 2.75) is 6.92 Å². The Kier molecular flexibility index (Phi) is 4.26. The summed E-state index contributed by atoms with van der Waals surface area (Å²) in [6.07, 6.45) is 0. The molecule has 5 N–H and O–H groups in total. The lowest BCUT2D eigenvalue weighted by Gasteiger charge is -2.05. The number of azo groups is 1. The van der Waals surface area contributed by atoms with E-state index in [2.05, 4.69) is 10.2 Å². The molecule has 0 radical (unpaired) electrons. The molecular formula is C13H12N6O5. The van der Waals surface area contributed by atoms with E-state index in [1.54, 1.807) is 19.1 Å². The van der Waals surface area contributed by atoms with Crippen molar-refractivity contribution in [2.75, 3.05) is 11.5 Å². The highest BCUT2D eigenvalue weighted by molar-refractivity contribution is 5.77. The third-order valence-corrected chi connectivity index (χ3v) is 3.06. The molecule has 0 aliphatic rings. The molecule has 0 aromatic heterocycles. The van der Waals surface area contributed by atoms with Crippen molar-refractivity contribution in [2.24, 2.45) is 10.2 Å². The molecule has 24 heavy (non-hydrogen) atoms. The molecule has 0 bridgehead atoms. The van der Waals surface area contributed by atoms with Gasteiger partial charge in [0.2, 0.25) is 5.75 Å². The number of nitrogen functional groups attached to an aromatic ring is 2. The molecule has 124 valence electrons. The quantitative estimate of drug-likeness (QED) is 0.332. The fraction of sp³-hybridized carbons (Fsp3) is 0.0769. The van der Waals surface area contributed by atoms with Crippen molar-refractivity contribution >= 4 is 34.1 Å². The predicted octanol–water partition coefficient (Wildman–Crippen LogP) is 3.10. The zero-order valence-electron chi connectivity index (χ0n) is 12.3. The van der Waals surface area contributed by atoms with E-state index in [0.717, 1.165) is 11.6 Å². The Morgan fingerprint density at radius 3 is 2.21 bits per heavy atom. The predicted molar refractivity (Wildman–Crippen MR) is 85.6 cm³/mol. The van der Waals surface area contributed by atoms with Crippen LogP contribution < -0.4 is 11.5 Å². The van der Waals surface area contributed by atoms with E-state index in [1.807, 2.05) is 0 Å². The number of anilines is 2. The maximum Gasteiger partial charge on any atom is 0.319 e. The summed E-state index contributed by atoms with van der Waals surface area (Å²) >= 11 is 0. The second-order valence-corrected chi connectivity index (χ2v) is 4.83. The summed E-state index contributed by atoms with van der Waals surface area (Å²) in [6, 6.07) is 4.66. The van der Waals surface area contributed by atoms with Crippen molar-refractivity contribution < 1.29 is 15.0 Å². The largest absolute Gasteiger partial charge is 0.501 e. The Labute approximate surface area is 134 Å². The van der Waals surface area contributed by atoms with Gasteiger partial charge in [0.15, 0.2) is 0 Å². The van der Waals surface area contributed by atoms with Gasteiger partial charge in [-0.05, 0) is 24.6 Å². The summed E-state index contributed by atoms with van der Waals surface area (Å²) in [5, 5.41) is 39.0. The van der Waals surface area contributed by atoms with Gasteiger partial charge in [0.25, 0.3) is 5.69 Å². The molecule has 0 fully saturated rings. The molecule has 0 spiro atoms. The smallest absolute Gasteiger partial charge is 0.319 e. The molecule has 0 atom stereocenters. The fourth-order valence-corrected chi connectivity index (χ4v) is 1.91. The number of rotatable bonds is 4. The fourth-order valence-electron chi connectivity index (χ4n) is 1.91. The van der Waals surface area contributed by atoms with E-state index in [9.17, 15) is 25.3 Å². The van der Waals surface area contributed by atoms with E-state index >= 15 is 0 Å². The van der Waals surface area contributed by atoms with Gasteiger partial charge in [-0.3, -0.25) is 20.2 Å². The zero-order chi connectivity index (χ0) is 18.0. The Hall–Kier alpha value is -3.76. The van der Waals surface area contributed by atoms with Crippen molar-refractivity contribution in [1.82, 2.24) is 0 Å². The molecule has 11 heteroatoms. The number of hydrogen-bond acceptors (Lipinski definition) is 9. The second kappa shape index (κ2) is 6.16. The van der Waals surface area contributed by atoms with Gasteiger partial charge in [0.1, 0.15) is 11.4 Å². The van der Waals surface area contributed by atoms with E-state index in [-0.39, 0.29) is 17.1 Å². The molecule has 0 aliphatic carbocycles. The van der Waals surface area contributed by atoms with Crippen LogP contribution in [0.25, 0.3) is 0 Å². The monoisotopic (exact) mass is 332 g/mol. The van der Waals surface area contributed by atoms with Crippen LogP contribution in [0.3, 0.4) is 0 Å². The molecule has 2 aromatic rings. The van der Waals surface area contributed by atoms with Gasteiger partial charge in [0, 0.05) is 6.07 Å². The molecule has 11 nitrogen and oxygen atoms in total. The van der Waals surface area contributed by atoms with E-state index in [4.69, 9.17) is 11.5 Å². The second-order valence-electron chi connectivity index (χ2n) is 4.83. The first-order chi connectivity index (χ1) is 11.2. The van der Waals surface area contributed by atoms with Gasteiger partial charge in [-0.1, -0.05) is 0 Å². The minimum atomic E-state index is -0.958. The van der Waals surface area contributed by atoms with Crippen molar-refractivity contribution in [1.29, 1.82) is 0 Å². The van der Waals surface area contributed by atoms with Crippen LogP contribution in [0.1, 0.15) is 5.56 Å². The number of nitro benzene ring substituents is 2. The van der Waals surface area contributed by atoms with Crippen LogP contribution in [0.2, 0.25) is 0 Å². The summed E-state index contributed by atoms with van der Waals surface area (Å²) in [7, 11) is 0. The van der Waals surface area contributed by atoms with Crippen molar-refractivity contribution in [3.05, 3.63) is 50.1 Å². The van der Waals surface area contributed by atoms with Crippen molar-refractivity contribution in [3.8, 4) is 5.75 Å². The van der Waals surface area contributed by atoms with Crippen LogP contribution >= 0.6 is 0 Å². The Bertz CT molecular complexity index is 880. The lowest BCUT2D eigenvalue weighted by molar-refractivity contribution is -0.394. The van der Waals surface area contributed by atoms with Crippen LogP contribution in [0.15, 0.2) is 34.5 Å². The number of phenolic OH excluding ortho intramolecular Hbond substituents is 1. The standard InChI is InChI=1S/C13H12N6O5/c1-6-2-8(14)12(15)9(3-6)16-17-10-4-7(18(21)22)5-11(13(10)20)19(23)24/h2-5,20H,14-15H2,1H3. The molecule has 0 saturated heterocycles. The Morgan fingerprint density at radius 1 is 1.00 bits per heavy atom. The highest BCUT2D eigenvalue weighted by Gasteiger charge is 2.24. The van der Waals surface area contributed by atoms with Crippen LogP contribution in [0.5, 0.6) is 5.75 Å². The lowest BCUT2D eigenvalue weighted by Crippen LogP contribution is -1.95. The summed E-state index contributed by atoms with van der Waals surface area (Å²) < 4.78 is 0. The number of nitrogens with zero attached hydrogens (tertiary/aromatic N) is 4. The SMILES string of the molecule is Cc1cc(N)c(N)c(N=Nc2cc([N+](=O)[O-])cc([N+](=O)[O-])c2O)c1. The lowest BCUT2D eigenvalue weighted by atomic mass is 10.1. The van der Waals surface area contributed by atoms with Crippen LogP contribution in [-0.4, -0.2) is 15.0 Å². The summed E-state index contributed by atoms with van der Waals surface area (Å²) in [6.45, 7) is 1.74. The number of hydrogen-bond donors (Lipinski definition) is 3. The number of benzene rings is 2.